The Balaban J connectivity index is 2.68. The quantitative estimate of drug-likeness (QED) is 0.741. The third-order valence-electron chi connectivity index (χ3n) is 2.40. The van der Waals surface area contributed by atoms with E-state index in [2.05, 4.69) is 11.9 Å². The van der Waals surface area contributed by atoms with Gasteiger partial charge in [0.25, 0.3) is 0 Å². The molecule has 5 heteroatoms. The first-order valence-electron chi connectivity index (χ1n) is 6.21. The van der Waals surface area contributed by atoms with Crippen LogP contribution in [0, 0.1) is 0 Å². The number of anilines is 1. The second-order valence-electron chi connectivity index (χ2n) is 3.85. The number of rotatable bonds is 7. The third kappa shape index (κ3) is 5.01. The van der Waals surface area contributed by atoms with Crippen molar-refractivity contribution in [3.8, 4) is 5.75 Å². The van der Waals surface area contributed by atoms with Crippen molar-refractivity contribution in [1.82, 2.24) is 4.90 Å². The molecule has 0 aliphatic rings. The number of carbonyl (C=O) groups is 1. The number of hydrogen-bond donors (Lipinski definition) is 2. The van der Waals surface area contributed by atoms with Gasteiger partial charge in [0, 0.05) is 24.8 Å². The van der Waals surface area contributed by atoms with Crippen LogP contribution in [0.2, 0.25) is 0 Å². The Morgan fingerprint density at radius 3 is 3.00 bits per heavy atom. The fourth-order valence-electron chi connectivity index (χ4n) is 1.59. The Hall–Kier alpha value is -2.01. The molecule has 1 aromatic carbocycles. The van der Waals surface area contributed by atoms with Crippen LogP contribution in [0.15, 0.2) is 36.9 Å². The van der Waals surface area contributed by atoms with Crippen LogP contribution >= 0.6 is 0 Å². The lowest BCUT2D eigenvalue weighted by atomic mass is 10.3. The number of aliphatic hydroxyl groups excluding tert-OH is 1. The summed E-state index contributed by atoms with van der Waals surface area (Å²) in [6.45, 7) is 6.63. The van der Waals surface area contributed by atoms with Gasteiger partial charge in [-0.1, -0.05) is 12.1 Å². The molecular formula is C14H20N2O3. The molecule has 0 radical (unpaired) electrons. The number of benzene rings is 1. The zero-order chi connectivity index (χ0) is 14.1. The van der Waals surface area contributed by atoms with Crippen LogP contribution in [-0.4, -0.2) is 42.3 Å². The second-order valence-corrected chi connectivity index (χ2v) is 3.85. The molecule has 0 aliphatic heterocycles. The van der Waals surface area contributed by atoms with Crippen LogP contribution in [0.4, 0.5) is 10.5 Å². The van der Waals surface area contributed by atoms with Gasteiger partial charge in [-0.15, -0.1) is 6.58 Å². The minimum Gasteiger partial charge on any atom is -0.494 e. The van der Waals surface area contributed by atoms with Gasteiger partial charge < -0.3 is 20.1 Å². The smallest absolute Gasteiger partial charge is 0.322 e. The molecule has 0 aliphatic carbocycles. The van der Waals surface area contributed by atoms with Gasteiger partial charge >= 0.3 is 6.03 Å². The largest absolute Gasteiger partial charge is 0.494 e. The molecule has 1 aromatic rings. The molecule has 0 aromatic heterocycles. The minimum absolute atomic E-state index is 0.0831. The van der Waals surface area contributed by atoms with Gasteiger partial charge in [0.05, 0.1) is 13.2 Å². The van der Waals surface area contributed by atoms with Crippen LogP contribution in [0.5, 0.6) is 5.75 Å². The highest BCUT2D eigenvalue weighted by atomic mass is 16.5. The van der Waals surface area contributed by atoms with Gasteiger partial charge in [0.15, 0.2) is 0 Å². The summed E-state index contributed by atoms with van der Waals surface area (Å²) in [5.41, 5.74) is 0.656. The van der Waals surface area contributed by atoms with E-state index in [-0.39, 0.29) is 19.2 Å². The van der Waals surface area contributed by atoms with Crippen LogP contribution in [0.3, 0.4) is 0 Å². The van der Waals surface area contributed by atoms with Gasteiger partial charge in [0.1, 0.15) is 5.75 Å². The van der Waals surface area contributed by atoms with E-state index in [1.165, 1.54) is 4.90 Å². The highest BCUT2D eigenvalue weighted by Gasteiger charge is 2.11. The number of amides is 2. The molecule has 0 heterocycles. The van der Waals surface area contributed by atoms with Crippen LogP contribution < -0.4 is 10.1 Å². The summed E-state index contributed by atoms with van der Waals surface area (Å²) >= 11 is 0. The molecule has 0 spiro atoms. The van der Waals surface area contributed by atoms with Crippen molar-refractivity contribution in [2.45, 2.75) is 6.92 Å². The topological polar surface area (TPSA) is 61.8 Å². The Bertz CT molecular complexity index is 421. The van der Waals surface area contributed by atoms with E-state index >= 15 is 0 Å². The van der Waals surface area contributed by atoms with Gasteiger partial charge in [-0.05, 0) is 19.1 Å². The maximum atomic E-state index is 12.0. The van der Waals surface area contributed by atoms with Gasteiger partial charge in [-0.2, -0.15) is 0 Å². The molecule has 104 valence electrons. The van der Waals surface area contributed by atoms with Crippen LogP contribution in [0.1, 0.15) is 6.92 Å². The summed E-state index contributed by atoms with van der Waals surface area (Å²) in [6.07, 6.45) is 1.62. The minimum atomic E-state index is -0.275. The molecule has 19 heavy (non-hydrogen) atoms. The number of urea groups is 1. The summed E-state index contributed by atoms with van der Waals surface area (Å²) < 4.78 is 5.36. The van der Waals surface area contributed by atoms with Gasteiger partial charge in [-0.25, -0.2) is 4.79 Å². The van der Waals surface area contributed by atoms with Crippen molar-refractivity contribution in [2.24, 2.45) is 0 Å². The maximum Gasteiger partial charge on any atom is 0.322 e. The monoisotopic (exact) mass is 264 g/mol. The SMILES string of the molecule is C=CCN(CCO)C(=O)Nc1cccc(OCC)c1. The Morgan fingerprint density at radius 2 is 2.37 bits per heavy atom. The van der Waals surface area contributed by atoms with E-state index in [1.807, 2.05) is 19.1 Å². The first-order valence-corrected chi connectivity index (χ1v) is 6.21. The lowest BCUT2D eigenvalue weighted by Gasteiger charge is -2.20. The van der Waals surface area contributed by atoms with E-state index in [0.29, 0.717) is 24.6 Å². The molecule has 0 unspecified atom stereocenters. The second kappa shape index (κ2) is 8.16. The van der Waals surface area contributed by atoms with Crippen LogP contribution in [0.25, 0.3) is 0 Å². The van der Waals surface area contributed by atoms with Crippen molar-refractivity contribution in [3.05, 3.63) is 36.9 Å². The summed E-state index contributed by atoms with van der Waals surface area (Å²) in [5.74, 6) is 0.706. The van der Waals surface area contributed by atoms with Crippen molar-refractivity contribution in [2.75, 3.05) is 31.6 Å². The predicted octanol–water partition coefficient (Wildman–Crippen LogP) is 2.10. The maximum absolute atomic E-state index is 12.0. The number of nitrogens with zero attached hydrogens (tertiary/aromatic N) is 1. The molecule has 5 nitrogen and oxygen atoms in total. The fraction of sp³-hybridized carbons (Fsp3) is 0.357. The average molecular weight is 264 g/mol. The molecule has 1 rings (SSSR count). The van der Waals surface area contributed by atoms with E-state index in [0.717, 1.165) is 0 Å². The molecular weight excluding hydrogens is 244 g/mol. The molecule has 0 saturated carbocycles. The highest BCUT2D eigenvalue weighted by Crippen LogP contribution is 2.17. The van der Waals surface area contributed by atoms with Gasteiger partial charge in [-0.3, -0.25) is 0 Å². The van der Waals surface area contributed by atoms with Crippen LogP contribution in [-0.2, 0) is 0 Å². The Morgan fingerprint density at radius 1 is 1.58 bits per heavy atom. The molecule has 0 atom stereocenters. The normalized spacial score (nSPS) is 9.79. The summed E-state index contributed by atoms with van der Waals surface area (Å²) in [6, 6.07) is 6.90. The zero-order valence-electron chi connectivity index (χ0n) is 11.1. The van der Waals surface area contributed by atoms with Gasteiger partial charge in [0.2, 0.25) is 0 Å². The van der Waals surface area contributed by atoms with Crippen molar-refractivity contribution >= 4 is 11.7 Å². The van der Waals surface area contributed by atoms with E-state index < -0.39 is 0 Å². The third-order valence-corrected chi connectivity index (χ3v) is 2.40. The van der Waals surface area contributed by atoms with E-state index in [4.69, 9.17) is 9.84 Å². The molecule has 0 saturated heterocycles. The van der Waals surface area contributed by atoms with Crippen molar-refractivity contribution in [3.63, 3.8) is 0 Å². The van der Waals surface area contributed by atoms with E-state index in [9.17, 15) is 4.79 Å². The van der Waals surface area contributed by atoms with Crippen molar-refractivity contribution in [1.29, 1.82) is 0 Å². The summed E-state index contributed by atoms with van der Waals surface area (Å²) in [7, 11) is 0. The standard InChI is InChI=1S/C14H20N2O3/c1-3-8-16(9-10-17)14(18)15-12-6-5-7-13(11-12)19-4-2/h3,5-7,11,17H,1,4,8-10H2,2H3,(H,15,18). The molecule has 2 amide bonds. The fourth-order valence-corrected chi connectivity index (χ4v) is 1.59. The predicted molar refractivity (Wildman–Crippen MR) is 75.5 cm³/mol. The summed E-state index contributed by atoms with van der Waals surface area (Å²) in [4.78, 5) is 13.4. The number of nitrogens with one attached hydrogen (secondary N) is 1. The highest BCUT2D eigenvalue weighted by molar-refractivity contribution is 5.89. The molecule has 0 fully saturated rings. The average Bonchev–Trinajstić information content (AvgIpc) is 2.39. The number of hydrogen-bond acceptors (Lipinski definition) is 3. The molecule has 2 N–H and O–H groups in total. The first kappa shape index (κ1) is 15.0. The number of ether oxygens (including phenoxy) is 1. The number of aliphatic hydroxyl groups is 1. The van der Waals surface area contributed by atoms with Crippen molar-refractivity contribution < 1.29 is 14.6 Å². The first-order chi connectivity index (χ1) is 9.21. The molecule has 0 bridgehead atoms. The number of carbonyl (C=O) groups excluding carboxylic acids is 1. The zero-order valence-corrected chi connectivity index (χ0v) is 11.1. The lowest BCUT2D eigenvalue weighted by Crippen LogP contribution is -2.37. The Labute approximate surface area is 113 Å². The lowest BCUT2D eigenvalue weighted by molar-refractivity contribution is 0.195. The Kier molecular flexibility index (Phi) is 6.46. The van der Waals surface area contributed by atoms with E-state index in [1.54, 1.807) is 18.2 Å². The summed E-state index contributed by atoms with van der Waals surface area (Å²) in [5, 5.41) is 11.7.